The Morgan fingerprint density at radius 3 is 2.26 bits per heavy atom. The minimum absolute atomic E-state index is 0.244. The van der Waals surface area contributed by atoms with E-state index in [0.717, 1.165) is 29.7 Å². The maximum absolute atomic E-state index is 13.3. The van der Waals surface area contributed by atoms with Crippen molar-refractivity contribution in [1.29, 1.82) is 0 Å². The number of carboxylic acid groups (broad SMARTS) is 1. The summed E-state index contributed by atoms with van der Waals surface area (Å²) in [7, 11) is 0. The molecule has 0 heterocycles. The van der Waals surface area contributed by atoms with E-state index in [1.54, 1.807) is 29.2 Å². The van der Waals surface area contributed by atoms with E-state index in [9.17, 15) is 18.8 Å². The lowest BCUT2D eigenvalue weighted by atomic mass is 9.93. The number of benzene rings is 3. The maximum Gasteiger partial charge on any atom is 0.340 e. The molecule has 1 aliphatic carbocycles. The smallest absolute Gasteiger partial charge is 0.340 e. The zero-order chi connectivity index (χ0) is 26.9. The number of anilines is 2. The third-order valence-electron chi connectivity index (χ3n) is 6.38. The van der Waals surface area contributed by atoms with Crippen LogP contribution in [0.4, 0.5) is 20.6 Å². The molecule has 3 N–H and O–H groups in total. The van der Waals surface area contributed by atoms with Gasteiger partial charge in [0.05, 0.1) is 13.1 Å². The van der Waals surface area contributed by atoms with Crippen molar-refractivity contribution < 1.29 is 23.9 Å². The fourth-order valence-electron chi connectivity index (χ4n) is 4.26. The van der Waals surface area contributed by atoms with Crippen LogP contribution >= 0.6 is 0 Å². The van der Waals surface area contributed by atoms with Gasteiger partial charge < -0.3 is 15.7 Å². The quantitative estimate of drug-likeness (QED) is 0.324. The van der Waals surface area contributed by atoms with Crippen molar-refractivity contribution in [2.75, 3.05) is 16.8 Å². The number of allylic oxidation sites excluding steroid dienone is 2. The van der Waals surface area contributed by atoms with Crippen LogP contribution in [-0.2, 0) is 11.3 Å². The molecule has 0 spiro atoms. The molecule has 0 aromatic heterocycles. The van der Waals surface area contributed by atoms with Crippen molar-refractivity contribution in [2.45, 2.75) is 38.4 Å². The van der Waals surface area contributed by atoms with Gasteiger partial charge in [0.15, 0.2) is 0 Å². The summed E-state index contributed by atoms with van der Waals surface area (Å²) < 4.78 is 13.3. The zero-order valence-corrected chi connectivity index (χ0v) is 20.9. The average molecular weight is 516 g/mol. The Balaban J connectivity index is 1.51. The molecule has 38 heavy (non-hydrogen) atoms. The summed E-state index contributed by atoms with van der Waals surface area (Å²) >= 11 is 0. The predicted molar refractivity (Wildman–Crippen MR) is 146 cm³/mol. The second kappa shape index (κ2) is 12.7. The Morgan fingerprint density at radius 2 is 1.63 bits per heavy atom. The van der Waals surface area contributed by atoms with E-state index in [1.165, 1.54) is 18.4 Å². The summed E-state index contributed by atoms with van der Waals surface area (Å²) in [6, 6.07) is 23.4. The molecule has 0 bridgehead atoms. The van der Waals surface area contributed by atoms with Gasteiger partial charge in [0.2, 0.25) is 6.17 Å². The summed E-state index contributed by atoms with van der Waals surface area (Å²) in [4.78, 5) is 37.8. The maximum atomic E-state index is 13.3. The molecule has 4 rings (SSSR count). The second-order valence-electron chi connectivity index (χ2n) is 9.12. The van der Waals surface area contributed by atoms with Gasteiger partial charge in [-0.2, -0.15) is 0 Å². The SMILES string of the molecule is O=C(NCC(F)C(=O)O)c1ccc(CN(C(=O)Nc2ccccc2)c2ccc(C3=CCCCC3)cc2)cc1. The number of alkyl halides is 1. The molecule has 0 saturated carbocycles. The summed E-state index contributed by atoms with van der Waals surface area (Å²) in [5.74, 6) is -2.20. The van der Waals surface area contributed by atoms with Gasteiger partial charge in [-0.3, -0.25) is 9.69 Å². The van der Waals surface area contributed by atoms with E-state index >= 15 is 0 Å². The number of nitrogens with zero attached hydrogens (tertiary/aromatic N) is 1. The summed E-state index contributed by atoms with van der Waals surface area (Å²) in [6.07, 6.45) is 4.65. The molecule has 0 fully saturated rings. The Labute approximate surface area is 221 Å². The molecule has 3 amide bonds. The molecular weight excluding hydrogens is 485 g/mol. The van der Waals surface area contributed by atoms with E-state index < -0.39 is 24.6 Å². The number of aliphatic carboxylic acids is 1. The lowest BCUT2D eigenvalue weighted by Gasteiger charge is -2.24. The number of carboxylic acids is 1. The molecule has 1 unspecified atom stereocenters. The van der Waals surface area contributed by atoms with Gasteiger partial charge in [0, 0.05) is 16.9 Å². The Morgan fingerprint density at radius 1 is 0.921 bits per heavy atom. The molecule has 1 aliphatic rings. The van der Waals surface area contributed by atoms with Crippen molar-refractivity contribution in [3.8, 4) is 0 Å². The molecule has 196 valence electrons. The van der Waals surface area contributed by atoms with E-state index in [-0.39, 0.29) is 18.1 Å². The predicted octanol–water partition coefficient (Wildman–Crippen LogP) is 6.04. The summed E-state index contributed by atoms with van der Waals surface area (Å²) in [5, 5.41) is 13.8. The van der Waals surface area contributed by atoms with Crippen LogP contribution < -0.4 is 15.5 Å². The van der Waals surface area contributed by atoms with Gasteiger partial charge in [-0.05, 0) is 78.8 Å². The average Bonchev–Trinajstić information content (AvgIpc) is 2.95. The van der Waals surface area contributed by atoms with Gasteiger partial charge in [0.1, 0.15) is 0 Å². The molecule has 3 aromatic carbocycles. The molecule has 0 saturated heterocycles. The van der Waals surface area contributed by atoms with Crippen LogP contribution in [0.25, 0.3) is 5.57 Å². The fraction of sp³-hybridized carbons (Fsp3) is 0.233. The second-order valence-corrected chi connectivity index (χ2v) is 9.12. The minimum Gasteiger partial charge on any atom is -0.479 e. The van der Waals surface area contributed by atoms with Crippen LogP contribution in [0.5, 0.6) is 0 Å². The number of carbonyl (C=O) groups excluding carboxylic acids is 2. The number of rotatable bonds is 9. The summed E-state index contributed by atoms with van der Waals surface area (Å²) in [5.41, 5.74) is 4.92. The first-order valence-corrected chi connectivity index (χ1v) is 12.6. The summed E-state index contributed by atoms with van der Waals surface area (Å²) in [6.45, 7) is -0.371. The van der Waals surface area contributed by atoms with Crippen LogP contribution in [-0.4, -0.2) is 35.7 Å². The van der Waals surface area contributed by atoms with Gasteiger partial charge in [0.25, 0.3) is 5.91 Å². The van der Waals surface area contributed by atoms with Crippen molar-refractivity contribution in [3.63, 3.8) is 0 Å². The third-order valence-corrected chi connectivity index (χ3v) is 6.38. The van der Waals surface area contributed by atoms with Crippen molar-refractivity contribution >= 4 is 34.9 Å². The lowest BCUT2D eigenvalue weighted by molar-refractivity contribution is -0.142. The lowest BCUT2D eigenvalue weighted by Crippen LogP contribution is -2.35. The number of nitrogens with one attached hydrogen (secondary N) is 2. The number of para-hydroxylation sites is 1. The van der Waals surface area contributed by atoms with E-state index in [2.05, 4.69) is 16.7 Å². The number of halogens is 1. The number of amides is 3. The molecular formula is C30H30FN3O4. The molecule has 0 aliphatic heterocycles. The Hall–Kier alpha value is -4.46. The van der Waals surface area contributed by atoms with Crippen LogP contribution in [0.1, 0.15) is 47.2 Å². The van der Waals surface area contributed by atoms with Crippen LogP contribution in [0.2, 0.25) is 0 Å². The largest absolute Gasteiger partial charge is 0.479 e. The van der Waals surface area contributed by atoms with E-state index in [1.807, 2.05) is 54.6 Å². The Kier molecular flexibility index (Phi) is 8.87. The number of hydrogen-bond acceptors (Lipinski definition) is 3. The first-order valence-electron chi connectivity index (χ1n) is 12.6. The number of carbonyl (C=O) groups is 3. The highest BCUT2D eigenvalue weighted by molar-refractivity contribution is 6.01. The zero-order valence-electron chi connectivity index (χ0n) is 20.9. The number of hydrogen-bond donors (Lipinski definition) is 3. The van der Waals surface area contributed by atoms with Crippen LogP contribution in [0, 0.1) is 0 Å². The van der Waals surface area contributed by atoms with Crippen LogP contribution in [0.15, 0.2) is 84.9 Å². The van der Waals surface area contributed by atoms with E-state index in [0.29, 0.717) is 5.69 Å². The van der Waals surface area contributed by atoms with E-state index in [4.69, 9.17) is 5.11 Å². The molecule has 7 nitrogen and oxygen atoms in total. The molecule has 8 heteroatoms. The van der Waals surface area contributed by atoms with Crippen molar-refractivity contribution in [3.05, 3.63) is 102 Å². The minimum atomic E-state index is -2.17. The van der Waals surface area contributed by atoms with Crippen molar-refractivity contribution in [2.24, 2.45) is 0 Å². The highest BCUT2D eigenvalue weighted by atomic mass is 19.1. The highest BCUT2D eigenvalue weighted by Crippen LogP contribution is 2.29. The first kappa shape index (κ1) is 26.6. The fourth-order valence-corrected chi connectivity index (χ4v) is 4.26. The van der Waals surface area contributed by atoms with Gasteiger partial charge in [-0.25, -0.2) is 14.0 Å². The molecule has 1 atom stereocenters. The Bertz CT molecular complexity index is 1290. The molecule has 3 aromatic rings. The van der Waals surface area contributed by atoms with Crippen molar-refractivity contribution in [1.82, 2.24) is 5.32 Å². The van der Waals surface area contributed by atoms with Gasteiger partial charge in [-0.15, -0.1) is 0 Å². The van der Waals surface area contributed by atoms with Gasteiger partial charge >= 0.3 is 12.0 Å². The standard InChI is InChI=1S/C30H30FN3O4/c31-27(29(36)37)19-32-28(35)24-13-11-21(12-14-24)20-34(30(38)33-25-9-5-2-6-10-25)26-17-15-23(16-18-26)22-7-3-1-4-8-22/h2,5-7,9-18,27H,1,3-4,8,19-20H2,(H,32,35)(H,33,38)(H,36,37). The third kappa shape index (κ3) is 7.06. The van der Waals surface area contributed by atoms with Gasteiger partial charge in [-0.1, -0.05) is 48.5 Å². The highest BCUT2D eigenvalue weighted by Gasteiger charge is 2.19. The normalized spacial score (nSPS) is 13.7. The first-order chi connectivity index (χ1) is 18.4. The molecule has 0 radical (unpaired) electrons. The van der Waals surface area contributed by atoms with Crippen LogP contribution in [0.3, 0.4) is 0 Å². The topological polar surface area (TPSA) is 98.7 Å². The number of urea groups is 1. The monoisotopic (exact) mass is 515 g/mol.